The number of nitrogens with zero attached hydrogens (tertiary/aromatic N) is 1. The Kier molecular flexibility index (Phi) is 4.03. The summed E-state index contributed by atoms with van der Waals surface area (Å²) in [5.74, 6) is 0. The smallest absolute Gasteiger partial charge is 0.0713 e. The van der Waals surface area contributed by atoms with Crippen LogP contribution in [-0.2, 0) is 6.42 Å². The summed E-state index contributed by atoms with van der Waals surface area (Å²) in [5, 5.41) is 2.49. The Morgan fingerprint density at radius 3 is 1.83 bits per heavy atom. The Hall–Kier alpha value is -3.00. The quantitative estimate of drug-likeness (QED) is 0.538. The number of hydrogen-bond acceptors (Lipinski definition) is 1. The van der Waals surface area contributed by atoms with Gasteiger partial charge < -0.3 is 5.43 Å². The van der Waals surface area contributed by atoms with Crippen LogP contribution in [-0.4, -0.2) is 4.68 Å². The van der Waals surface area contributed by atoms with Gasteiger partial charge in [0.05, 0.1) is 6.04 Å². The summed E-state index contributed by atoms with van der Waals surface area (Å²) in [5.41, 5.74) is 6.27. The molecule has 0 amide bonds. The van der Waals surface area contributed by atoms with E-state index in [1.165, 1.54) is 21.9 Å². The van der Waals surface area contributed by atoms with Gasteiger partial charge in [-0.1, -0.05) is 84.9 Å². The first-order valence-electron chi connectivity index (χ1n) is 8.31. The van der Waals surface area contributed by atoms with E-state index in [4.69, 9.17) is 0 Å². The molecule has 1 heterocycles. The predicted octanol–water partition coefficient (Wildman–Crippen LogP) is 5.17. The first-order valence-corrected chi connectivity index (χ1v) is 8.31. The molecule has 2 nitrogen and oxygen atoms in total. The Labute approximate surface area is 142 Å². The number of nitrogens with one attached hydrogen (secondary N) is 1. The summed E-state index contributed by atoms with van der Waals surface area (Å²) >= 11 is 0. The van der Waals surface area contributed by atoms with E-state index in [-0.39, 0.29) is 6.04 Å². The molecule has 1 unspecified atom stereocenters. The molecule has 3 aromatic carbocycles. The fourth-order valence-electron chi connectivity index (χ4n) is 3.11. The van der Waals surface area contributed by atoms with Crippen molar-refractivity contribution in [3.63, 3.8) is 0 Å². The van der Waals surface area contributed by atoms with Crippen molar-refractivity contribution in [3.8, 4) is 0 Å². The second-order valence-corrected chi connectivity index (χ2v) is 6.08. The lowest BCUT2D eigenvalue weighted by Gasteiger charge is -2.21. The second kappa shape index (κ2) is 6.63. The van der Waals surface area contributed by atoms with E-state index in [1.54, 1.807) is 0 Å². The third-order valence-electron chi connectivity index (χ3n) is 4.34. The molecular formula is C22H20N2. The minimum atomic E-state index is 0.218. The largest absolute Gasteiger partial charge is 0.319 e. The Bertz CT molecular complexity index is 877. The fraction of sp³-hybridized carbons (Fsp3) is 0.0909. The van der Waals surface area contributed by atoms with E-state index >= 15 is 0 Å². The lowest BCUT2D eigenvalue weighted by atomic mass is 9.99. The Morgan fingerprint density at radius 1 is 0.667 bits per heavy atom. The monoisotopic (exact) mass is 312 g/mol. The van der Waals surface area contributed by atoms with Crippen LogP contribution in [0.4, 0.5) is 0 Å². The first-order chi connectivity index (χ1) is 11.9. The highest BCUT2D eigenvalue weighted by atomic mass is 15.4. The van der Waals surface area contributed by atoms with Crippen LogP contribution in [0.1, 0.15) is 17.2 Å². The standard InChI is InChI=1S/C22H20N2/c1-3-9-18(10-4-1)15-22(19-11-5-2-6-12-19)23-24-16-20-13-7-8-14-21(20)17-24/h1-14,16-17,22-23H,15H2. The molecule has 0 radical (unpaired) electrons. The first kappa shape index (κ1) is 14.6. The van der Waals surface area contributed by atoms with Crippen molar-refractivity contribution in [1.82, 2.24) is 4.68 Å². The molecule has 1 N–H and O–H groups in total. The molecule has 0 aliphatic carbocycles. The summed E-state index contributed by atoms with van der Waals surface area (Å²) in [6.07, 6.45) is 5.24. The highest BCUT2D eigenvalue weighted by molar-refractivity contribution is 5.82. The van der Waals surface area contributed by atoms with E-state index in [1.807, 2.05) is 0 Å². The number of fused-ring (bicyclic) bond motifs is 1. The molecule has 1 aromatic heterocycles. The summed E-state index contributed by atoms with van der Waals surface area (Å²) in [6, 6.07) is 29.9. The zero-order valence-corrected chi connectivity index (χ0v) is 13.5. The van der Waals surface area contributed by atoms with Crippen molar-refractivity contribution in [2.45, 2.75) is 12.5 Å². The minimum absolute atomic E-state index is 0.218. The summed E-state index contributed by atoms with van der Waals surface area (Å²) < 4.78 is 2.09. The zero-order chi connectivity index (χ0) is 16.2. The van der Waals surface area contributed by atoms with Gasteiger partial charge in [-0.3, -0.25) is 4.68 Å². The van der Waals surface area contributed by atoms with Gasteiger partial charge in [-0.15, -0.1) is 0 Å². The number of rotatable bonds is 5. The lowest BCUT2D eigenvalue weighted by Crippen LogP contribution is -2.21. The van der Waals surface area contributed by atoms with Gasteiger partial charge in [-0.25, -0.2) is 0 Å². The van der Waals surface area contributed by atoms with E-state index in [9.17, 15) is 0 Å². The number of benzene rings is 3. The molecule has 0 fully saturated rings. The number of aromatic nitrogens is 1. The van der Waals surface area contributed by atoms with Gasteiger partial charge in [0.25, 0.3) is 0 Å². The topological polar surface area (TPSA) is 17.0 Å². The second-order valence-electron chi connectivity index (χ2n) is 6.08. The zero-order valence-electron chi connectivity index (χ0n) is 13.5. The average Bonchev–Trinajstić information content (AvgIpc) is 3.05. The molecule has 2 heteroatoms. The normalized spacial score (nSPS) is 12.2. The van der Waals surface area contributed by atoms with Crippen LogP contribution >= 0.6 is 0 Å². The third-order valence-corrected chi connectivity index (χ3v) is 4.34. The van der Waals surface area contributed by atoms with E-state index in [0.29, 0.717) is 0 Å². The maximum absolute atomic E-state index is 3.65. The molecule has 4 aromatic rings. The van der Waals surface area contributed by atoms with Crippen LogP contribution in [0.2, 0.25) is 0 Å². The molecule has 0 aliphatic heterocycles. The molecule has 118 valence electrons. The van der Waals surface area contributed by atoms with Crippen molar-refractivity contribution in [3.05, 3.63) is 108 Å². The summed E-state index contributed by atoms with van der Waals surface area (Å²) in [7, 11) is 0. The van der Waals surface area contributed by atoms with E-state index in [0.717, 1.165) is 6.42 Å². The molecule has 0 aliphatic rings. The van der Waals surface area contributed by atoms with Crippen LogP contribution in [0, 0.1) is 0 Å². The minimum Gasteiger partial charge on any atom is -0.319 e. The third kappa shape index (κ3) is 3.18. The maximum Gasteiger partial charge on any atom is 0.0713 e. The average molecular weight is 312 g/mol. The van der Waals surface area contributed by atoms with Crippen molar-refractivity contribution in [2.75, 3.05) is 5.43 Å². The SMILES string of the molecule is c1ccc(CC(Nn2cc3ccccc3c2)c2ccccc2)cc1. The fourth-order valence-corrected chi connectivity index (χ4v) is 3.11. The van der Waals surface area contributed by atoms with Crippen LogP contribution in [0.5, 0.6) is 0 Å². The predicted molar refractivity (Wildman–Crippen MR) is 101 cm³/mol. The van der Waals surface area contributed by atoms with Crippen molar-refractivity contribution >= 4 is 10.8 Å². The van der Waals surface area contributed by atoms with Gasteiger partial charge in [-0.05, 0) is 17.5 Å². The van der Waals surface area contributed by atoms with Crippen molar-refractivity contribution in [2.24, 2.45) is 0 Å². The van der Waals surface area contributed by atoms with Gasteiger partial charge in [0.2, 0.25) is 0 Å². The lowest BCUT2D eigenvalue weighted by molar-refractivity contribution is 0.670. The maximum atomic E-state index is 3.65. The van der Waals surface area contributed by atoms with Gasteiger partial charge >= 0.3 is 0 Å². The van der Waals surface area contributed by atoms with Crippen LogP contribution in [0.3, 0.4) is 0 Å². The Balaban J connectivity index is 1.64. The molecule has 24 heavy (non-hydrogen) atoms. The molecule has 0 spiro atoms. The van der Waals surface area contributed by atoms with Crippen LogP contribution < -0.4 is 5.43 Å². The number of hydrogen-bond donors (Lipinski definition) is 1. The molecule has 4 rings (SSSR count). The van der Waals surface area contributed by atoms with Crippen molar-refractivity contribution < 1.29 is 0 Å². The van der Waals surface area contributed by atoms with E-state index < -0.39 is 0 Å². The summed E-state index contributed by atoms with van der Waals surface area (Å²) in [6.45, 7) is 0. The summed E-state index contributed by atoms with van der Waals surface area (Å²) in [4.78, 5) is 0. The highest BCUT2D eigenvalue weighted by Gasteiger charge is 2.12. The molecular weight excluding hydrogens is 292 g/mol. The molecule has 1 atom stereocenters. The molecule has 0 bridgehead atoms. The van der Waals surface area contributed by atoms with Crippen molar-refractivity contribution in [1.29, 1.82) is 0 Å². The molecule has 0 saturated heterocycles. The van der Waals surface area contributed by atoms with Crippen LogP contribution in [0.15, 0.2) is 97.3 Å². The van der Waals surface area contributed by atoms with Gasteiger partial charge in [-0.2, -0.15) is 0 Å². The van der Waals surface area contributed by atoms with Gasteiger partial charge in [0.15, 0.2) is 0 Å². The Morgan fingerprint density at radius 2 is 1.21 bits per heavy atom. The van der Waals surface area contributed by atoms with Gasteiger partial charge in [0.1, 0.15) is 0 Å². The van der Waals surface area contributed by atoms with Gasteiger partial charge in [0, 0.05) is 23.2 Å². The van der Waals surface area contributed by atoms with Crippen LogP contribution in [0.25, 0.3) is 10.8 Å². The highest BCUT2D eigenvalue weighted by Crippen LogP contribution is 2.21. The molecule has 0 saturated carbocycles. The van der Waals surface area contributed by atoms with E-state index in [2.05, 4.69) is 107 Å².